The largest absolute Gasteiger partial charge is 0.418 e. The number of rotatable bonds is 4. The Labute approximate surface area is 131 Å². The maximum atomic E-state index is 13.3. The minimum atomic E-state index is -4.45. The highest BCUT2D eigenvalue weighted by molar-refractivity contribution is 6.02. The van der Waals surface area contributed by atoms with Crippen LogP contribution in [0.3, 0.4) is 0 Å². The lowest BCUT2D eigenvalue weighted by Gasteiger charge is -2.19. The van der Waals surface area contributed by atoms with Gasteiger partial charge in [0.1, 0.15) is 6.73 Å². The van der Waals surface area contributed by atoms with Gasteiger partial charge in [-0.1, -0.05) is 6.07 Å². The summed E-state index contributed by atoms with van der Waals surface area (Å²) in [5.74, 6) is 0. The molecule has 0 radical (unpaired) electrons. The van der Waals surface area contributed by atoms with Gasteiger partial charge < -0.3 is 14.8 Å². The summed E-state index contributed by atoms with van der Waals surface area (Å²) in [6, 6.07) is 4.15. The van der Waals surface area contributed by atoms with Crippen LogP contribution in [0.25, 0.3) is 0 Å². The van der Waals surface area contributed by atoms with Crippen molar-refractivity contribution in [3.05, 3.63) is 29.3 Å². The molecular formula is C15H18F3N3O2. The molecule has 8 heteroatoms. The van der Waals surface area contributed by atoms with Gasteiger partial charge in [-0.25, -0.2) is 0 Å². The van der Waals surface area contributed by atoms with Crippen molar-refractivity contribution < 1.29 is 22.6 Å². The number of hydrogen-bond acceptors (Lipinski definition) is 5. The molecule has 1 saturated heterocycles. The molecule has 0 aromatic heterocycles. The number of anilines is 1. The summed E-state index contributed by atoms with van der Waals surface area (Å²) in [5.41, 5.74) is 2.82. The Balaban J connectivity index is 1.81. The summed E-state index contributed by atoms with van der Waals surface area (Å²) in [6.45, 7) is 1.49. The Morgan fingerprint density at radius 2 is 2.22 bits per heavy atom. The zero-order valence-electron chi connectivity index (χ0n) is 12.4. The highest BCUT2D eigenvalue weighted by Gasteiger charge is 2.34. The van der Waals surface area contributed by atoms with Crippen LogP contribution in [0.15, 0.2) is 23.3 Å². The molecule has 1 aromatic rings. The summed E-state index contributed by atoms with van der Waals surface area (Å²) in [6.07, 6.45) is -2.66. The molecule has 0 saturated carbocycles. The zero-order chi connectivity index (χ0) is 16.3. The molecule has 2 aliphatic heterocycles. The maximum absolute atomic E-state index is 13.3. The van der Waals surface area contributed by atoms with Gasteiger partial charge in [-0.3, -0.25) is 5.43 Å². The van der Waals surface area contributed by atoms with Gasteiger partial charge in [0, 0.05) is 24.4 Å². The van der Waals surface area contributed by atoms with Gasteiger partial charge in [0.2, 0.25) is 0 Å². The minimum Gasteiger partial charge on any atom is -0.382 e. The molecule has 1 atom stereocenters. The average molecular weight is 329 g/mol. The van der Waals surface area contributed by atoms with Crippen molar-refractivity contribution in [2.24, 2.45) is 5.10 Å². The Hall–Kier alpha value is -1.80. The monoisotopic (exact) mass is 329 g/mol. The highest BCUT2D eigenvalue weighted by atomic mass is 19.4. The topological polar surface area (TPSA) is 54.9 Å². The fraction of sp³-hybridized carbons (Fsp3) is 0.533. The van der Waals surface area contributed by atoms with Gasteiger partial charge in [-0.05, 0) is 25.0 Å². The number of hydrazone groups is 1. The van der Waals surface area contributed by atoms with Crippen LogP contribution < -0.4 is 10.7 Å². The van der Waals surface area contributed by atoms with Gasteiger partial charge in [-0.2, -0.15) is 18.3 Å². The van der Waals surface area contributed by atoms with Gasteiger partial charge in [0.05, 0.1) is 24.0 Å². The third-order valence-electron chi connectivity index (χ3n) is 3.82. The molecule has 0 unspecified atom stereocenters. The molecule has 0 spiro atoms. The first-order valence-electron chi connectivity index (χ1n) is 7.48. The van der Waals surface area contributed by atoms with Gasteiger partial charge in [0.15, 0.2) is 0 Å². The third-order valence-corrected chi connectivity index (χ3v) is 3.82. The highest BCUT2D eigenvalue weighted by Crippen LogP contribution is 2.36. The Morgan fingerprint density at radius 1 is 1.35 bits per heavy atom. The van der Waals surface area contributed by atoms with E-state index in [-0.39, 0.29) is 25.1 Å². The normalized spacial score (nSPS) is 21.7. The van der Waals surface area contributed by atoms with Gasteiger partial charge in [0.25, 0.3) is 0 Å². The van der Waals surface area contributed by atoms with Crippen molar-refractivity contribution in [1.82, 2.24) is 5.43 Å². The van der Waals surface area contributed by atoms with Crippen molar-refractivity contribution in [2.45, 2.75) is 25.1 Å². The number of ether oxygens (including phenoxy) is 2. The van der Waals surface area contributed by atoms with E-state index in [4.69, 9.17) is 9.47 Å². The van der Waals surface area contributed by atoms with Crippen LogP contribution in [0.1, 0.15) is 24.0 Å². The van der Waals surface area contributed by atoms with Crippen molar-refractivity contribution in [1.29, 1.82) is 0 Å². The maximum Gasteiger partial charge on any atom is 0.418 e. The predicted octanol–water partition coefficient (Wildman–Crippen LogP) is 2.58. The SMILES string of the molecule is FC(F)(F)c1cc(C2=NNCOC2)ccc1NC[C@@H]1CCCO1. The van der Waals surface area contributed by atoms with Crippen LogP contribution in [0, 0.1) is 0 Å². The van der Waals surface area contributed by atoms with Gasteiger partial charge in [-0.15, -0.1) is 0 Å². The number of alkyl halides is 3. The predicted molar refractivity (Wildman–Crippen MR) is 79.4 cm³/mol. The molecule has 126 valence electrons. The van der Waals surface area contributed by atoms with Crippen molar-refractivity contribution >= 4 is 11.4 Å². The van der Waals surface area contributed by atoms with Crippen molar-refractivity contribution in [3.63, 3.8) is 0 Å². The molecule has 0 bridgehead atoms. The van der Waals surface area contributed by atoms with E-state index < -0.39 is 11.7 Å². The van der Waals surface area contributed by atoms with E-state index in [9.17, 15) is 13.2 Å². The number of nitrogens with zero attached hydrogens (tertiary/aromatic N) is 1. The van der Waals surface area contributed by atoms with E-state index >= 15 is 0 Å². The first-order valence-corrected chi connectivity index (χ1v) is 7.48. The lowest BCUT2D eigenvalue weighted by atomic mass is 10.0. The lowest BCUT2D eigenvalue weighted by molar-refractivity contribution is -0.137. The number of benzene rings is 1. The van der Waals surface area contributed by atoms with Crippen LogP contribution in [0.4, 0.5) is 18.9 Å². The Bertz CT molecular complexity index is 584. The molecule has 1 aromatic carbocycles. The van der Waals surface area contributed by atoms with Crippen LogP contribution in [0.5, 0.6) is 0 Å². The summed E-state index contributed by atoms with van der Waals surface area (Å²) >= 11 is 0. The number of nitrogens with one attached hydrogen (secondary N) is 2. The van der Waals surface area contributed by atoms with Crippen molar-refractivity contribution in [2.75, 3.05) is 31.8 Å². The summed E-state index contributed by atoms with van der Waals surface area (Å²) in [5, 5.41) is 6.86. The third kappa shape index (κ3) is 3.94. The Kier molecular flexibility index (Phi) is 4.72. The second-order valence-corrected chi connectivity index (χ2v) is 5.48. The summed E-state index contributed by atoms with van der Waals surface area (Å²) in [4.78, 5) is 0. The summed E-state index contributed by atoms with van der Waals surface area (Å²) in [7, 11) is 0. The minimum absolute atomic E-state index is 0.0314. The molecule has 23 heavy (non-hydrogen) atoms. The molecular weight excluding hydrogens is 311 g/mol. The average Bonchev–Trinajstić information content (AvgIpc) is 3.06. The first kappa shape index (κ1) is 16.1. The van der Waals surface area contributed by atoms with E-state index in [0.29, 0.717) is 24.4 Å². The van der Waals surface area contributed by atoms with Crippen LogP contribution in [-0.4, -0.2) is 38.3 Å². The number of halogens is 3. The van der Waals surface area contributed by atoms with E-state index in [1.807, 2.05) is 0 Å². The molecule has 3 rings (SSSR count). The van der Waals surface area contributed by atoms with Crippen LogP contribution in [-0.2, 0) is 15.7 Å². The van der Waals surface area contributed by atoms with E-state index in [2.05, 4.69) is 15.8 Å². The fourth-order valence-corrected chi connectivity index (χ4v) is 2.64. The van der Waals surface area contributed by atoms with E-state index in [1.54, 1.807) is 6.07 Å². The molecule has 0 amide bonds. The molecule has 1 fully saturated rings. The molecule has 2 heterocycles. The Morgan fingerprint density at radius 3 is 2.87 bits per heavy atom. The number of hydrogen-bond donors (Lipinski definition) is 2. The second-order valence-electron chi connectivity index (χ2n) is 5.48. The fourth-order valence-electron chi connectivity index (χ4n) is 2.64. The standard InChI is InChI=1S/C15H18F3N3O2/c16-15(17,18)12-6-10(14-8-22-9-20-21-14)3-4-13(12)19-7-11-2-1-5-23-11/h3-4,6,11,19-20H,1-2,5,7-9H2/t11-/m0/s1. The zero-order valence-corrected chi connectivity index (χ0v) is 12.4. The van der Waals surface area contributed by atoms with E-state index in [1.165, 1.54) is 6.07 Å². The first-order chi connectivity index (χ1) is 11.0. The smallest absolute Gasteiger partial charge is 0.382 e. The van der Waals surface area contributed by atoms with Crippen molar-refractivity contribution in [3.8, 4) is 0 Å². The van der Waals surface area contributed by atoms with E-state index in [0.717, 1.165) is 18.9 Å². The lowest BCUT2D eigenvalue weighted by Crippen LogP contribution is -2.26. The van der Waals surface area contributed by atoms with Crippen LogP contribution in [0.2, 0.25) is 0 Å². The van der Waals surface area contributed by atoms with Crippen LogP contribution >= 0.6 is 0 Å². The summed E-state index contributed by atoms with van der Waals surface area (Å²) < 4.78 is 50.6. The second kappa shape index (κ2) is 6.76. The molecule has 2 N–H and O–H groups in total. The quantitative estimate of drug-likeness (QED) is 0.891. The van der Waals surface area contributed by atoms with Gasteiger partial charge >= 0.3 is 6.18 Å². The molecule has 2 aliphatic rings. The molecule has 0 aliphatic carbocycles. The molecule has 5 nitrogen and oxygen atoms in total.